The van der Waals surface area contributed by atoms with E-state index in [-0.39, 0.29) is 0 Å². The zero-order chi connectivity index (χ0) is 18.2. The second-order valence-electron chi connectivity index (χ2n) is 7.20. The summed E-state index contributed by atoms with van der Waals surface area (Å²) in [6.45, 7) is 2.98. The Morgan fingerprint density at radius 2 is 2.04 bits per heavy atom. The van der Waals surface area contributed by atoms with Gasteiger partial charge in [-0.1, -0.05) is 35.9 Å². The minimum absolute atomic E-state index is 0.344. The number of rotatable bonds is 3. The highest BCUT2D eigenvalue weighted by molar-refractivity contribution is 6.30. The monoisotopic (exact) mass is 377 g/mol. The Balaban J connectivity index is 1.41. The third-order valence-corrected chi connectivity index (χ3v) is 5.50. The molecule has 1 aliphatic heterocycles. The molecule has 3 heterocycles. The molecule has 4 aromatic rings. The third-order valence-electron chi connectivity index (χ3n) is 5.26. The quantitative estimate of drug-likeness (QED) is 0.533. The van der Waals surface area contributed by atoms with Gasteiger partial charge in [0.25, 0.3) is 0 Å². The maximum Gasteiger partial charge on any atom is 0.166 e. The number of para-hydroxylation sites is 1. The summed E-state index contributed by atoms with van der Waals surface area (Å²) in [5.74, 6) is 1.26. The van der Waals surface area contributed by atoms with E-state index in [1.165, 1.54) is 5.56 Å². The van der Waals surface area contributed by atoms with E-state index < -0.39 is 0 Å². The lowest BCUT2D eigenvalue weighted by atomic mass is 9.97. The van der Waals surface area contributed by atoms with Gasteiger partial charge in [-0.25, -0.2) is 14.5 Å². The van der Waals surface area contributed by atoms with E-state index in [9.17, 15) is 0 Å². The summed E-state index contributed by atoms with van der Waals surface area (Å²) in [5, 5.41) is 6.58. The molecule has 1 unspecified atom stereocenters. The van der Waals surface area contributed by atoms with Gasteiger partial charge in [0.05, 0.1) is 5.52 Å². The van der Waals surface area contributed by atoms with Crippen LogP contribution in [0, 0.1) is 0 Å². The van der Waals surface area contributed by atoms with Crippen LogP contribution in [0.4, 0.5) is 0 Å². The highest BCUT2D eigenvalue weighted by atomic mass is 35.5. The third kappa shape index (κ3) is 3.29. The number of halogens is 1. The van der Waals surface area contributed by atoms with Gasteiger partial charge in [0.2, 0.25) is 0 Å². The van der Waals surface area contributed by atoms with Crippen molar-refractivity contribution in [2.45, 2.75) is 25.3 Å². The molecule has 136 valence electrons. The summed E-state index contributed by atoms with van der Waals surface area (Å²) >= 11 is 6.13. The molecule has 1 aliphatic rings. The average Bonchev–Trinajstić information content (AvgIpc) is 3.13. The molecule has 5 nitrogen and oxygen atoms in total. The van der Waals surface area contributed by atoms with Crippen LogP contribution in [0.15, 0.2) is 54.9 Å². The molecular weight excluding hydrogens is 358 g/mol. The summed E-state index contributed by atoms with van der Waals surface area (Å²) in [6, 6.07) is 16.2. The number of piperidine rings is 1. The van der Waals surface area contributed by atoms with Crippen LogP contribution in [-0.4, -0.2) is 37.6 Å². The SMILES string of the molecule is Clc1cccc(CN2CCCC(c3nc4c5ccccc5ncn4n3)C2)c1. The van der Waals surface area contributed by atoms with Crippen LogP contribution in [-0.2, 0) is 6.54 Å². The number of hydrogen-bond acceptors (Lipinski definition) is 4. The van der Waals surface area contributed by atoms with Gasteiger partial charge < -0.3 is 0 Å². The molecule has 0 spiro atoms. The van der Waals surface area contributed by atoms with Crippen molar-refractivity contribution in [2.24, 2.45) is 0 Å². The zero-order valence-electron chi connectivity index (χ0n) is 14.9. The fourth-order valence-electron chi connectivity index (χ4n) is 3.97. The Morgan fingerprint density at radius 1 is 1.11 bits per heavy atom. The smallest absolute Gasteiger partial charge is 0.166 e. The van der Waals surface area contributed by atoms with Gasteiger partial charge in [-0.3, -0.25) is 4.90 Å². The van der Waals surface area contributed by atoms with Crippen molar-refractivity contribution in [3.05, 3.63) is 71.3 Å². The molecule has 2 aromatic heterocycles. The number of nitrogens with zero attached hydrogens (tertiary/aromatic N) is 5. The van der Waals surface area contributed by atoms with Gasteiger partial charge >= 0.3 is 0 Å². The van der Waals surface area contributed by atoms with E-state index in [1.807, 2.05) is 40.9 Å². The number of benzene rings is 2. The normalized spacial score (nSPS) is 18.3. The second kappa shape index (κ2) is 6.91. The molecule has 1 fully saturated rings. The van der Waals surface area contributed by atoms with Crippen LogP contribution in [0.2, 0.25) is 5.02 Å². The number of fused-ring (bicyclic) bond motifs is 3. The number of hydrogen-bond donors (Lipinski definition) is 0. The predicted molar refractivity (Wildman–Crippen MR) is 107 cm³/mol. The fraction of sp³-hybridized carbons (Fsp3) is 0.286. The molecule has 2 aromatic carbocycles. The molecule has 1 saturated heterocycles. The van der Waals surface area contributed by atoms with Gasteiger partial charge in [0.1, 0.15) is 6.33 Å². The van der Waals surface area contributed by atoms with Crippen molar-refractivity contribution in [3.63, 3.8) is 0 Å². The lowest BCUT2D eigenvalue weighted by molar-refractivity contribution is 0.196. The Kier molecular flexibility index (Phi) is 4.26. The van der Waals surface area contributed by atoms with Crippen LogP contribution in [0.3, 0.4) is 0 Å². The Morgan fingerprint density at radius 3 is 2.96 bits per heavy atom. The number of aromatic nitrogens is 4. The topological polar surface area (TPSA) is 46.3 Å². The summed E-state index contributed by atoms with van der Waals surface area (Å²) in [6.07, 6.45) is 4.04. The lowest BCUT2D eigenvalue weighted by Crippen LogP contribution is -2.34. The van der Waals surface area contributed by atoms with Crippen LogP contribution in [0.1, 0.15) is 30.1 Å². The molecular formula is C21H20ClN5. The highest BCUT2D eigenvalue weighted by Gasteiger charge is 2.25. The van der Waals surface area contributed by atoms with Crippen LogP contribution < -0.4 is 0 Å². The van der Waals surface area contributed by atoms with Gasteiger partial charge in [-0.05, 0) is 49.2 Å². The van der Waals surface area contributed by atoms with E-state index >= 15 is 0 Å². The Bertz CT molecular complexity index is 1110. The first-order chi connectivity index (χ1) is 13.3. The summed E-state index contributed by atoms with van der Waals surface area (Å²) in [7, 11) is 0. The highest BCUT2D eigenvalue weighted by Crippen LogP contribution is 2.27. The minimum atomic E-state index is 0.344. The van der Waals surface area contributed by atoms with Gasteiger partial charge in [-0.15, -0.1) is 5.10 Å². The van der Waals surface area contributed by atoms with Crippen molar-refractivity contribution in [3.8, 4) is 0 Å². The first-order valence-electron chi connectivity index (χ1n) is 9.33. The van der Waals surface area contributed by atoms with Gasteiger partial charge in [-0.2, -0.15) is 0 Å². The lowest BCUT2D eigenvalue weighted by Gasteiger charge is -2.31. The summed E-state index contributed by atoms with van der Waals surface area (Å²) in [5.41, 5.74) is 3.10. The molecule has 0 saturated carbocycles. The molecule has 0 bridgehead atoms. The van der Waals surface area contributed by atoms with Crippen LogP contribution >= 0.6 is 11.6 Å². The van der Waals surface area contributed by atoms with E-state index in [4.69, 9.17) is 21.7 Å². The molecule has 27 heavy (non-hydrogen) atoms. The Labute approximate surface area is 162 Å². The van der Waals surface area contributed by atoms with E-state index in [0.29, 0.717) is 5.92 Å². The molecule has 5 rings (SSSR count). The van der Waals surface area contributed by atoms with Crippen molar-refractivity contribution >= 4 is 28.2 Å². The summed E-state index contributed by atoms with van der Waals surface area (Å²) < 4.78 is 1.81. The predicted octanol–water partition coefficient (Wildman–Crippen LogP) is 4.31. The molecule has 0 N–H and O–H groups in total. The number of likely N-dealkylation sites (tertiary alicyclic amines) is 1. The molecule has 6 heteroatoms. The van der Waals surface area contributed by atoms with Crippen molar-refractivity contribution in [1.29, 1.82) is 0 Å². The largest absolute Gasteiger partial charge is 0.298 e. The van der Waals surface area contributed by atoms with Gasteiger partial charge in [0, 0.05) is 29.4 Å². The van der Waals surface area contributed by atoms with Crippen molar-refractivity contribution in [2.75, 3.05) is 13.1 Å². The second-order valence-corrected chi connectivity index (χ2v) is 7.64. The van der Waals surface area contributed by atoms with Crippen molar-refractivity contribution < 1.29 is 0 Å². The van der Waals surface area contributed by atoms with Crippen molar-refractivity contribution in [1.82, 2.24) is 24.5 Å². The minimum Gasteiger partial charge on any atom is -0.298 e. The fourth-order valence-corrected chi connectivity index (χ4v) is 4.19. The molecule has 0 radical (unpaired) electrons. The van der Waals surface area contributed by atoms with Crippen LogP contribution in [0.25, 0.3) is 16.6 Å². The molecule has 1 atom stereocenters. The Hall–Kier alpha value is -2.50. The molecule has 0 amide bonds. The maximum absolute atomic E-state index is 6.13. The van der Waals surface area contributed by atoms with Gasteiger partial charge in [0.15, 0.2) is 11.5 Å². The van der Waals surface area contributed by atoms with E-state index in [0.717, 1.165) is 59.9 Å². The standard InChI is InChI=1S/C21H20ClN5/c22-17-7-3-5-15(11-17)12-26-10-4-6-16(13-26)20-24-21-18-8-1-2-9-19(18)23-14-27(21)25-20/h1-3,5,7-9,11,14,16H,4,6,10,12-13H2. The maximum atomic E-state index is 6.13. The van der Waals surface area contributed by atoms with E-state index in [2.05, 4.69) is 22.0 Å². The summed E-state index contributed by atoms with van der Waals surface area (Å²) in [4.78, 5) is 11.8. The molecule has 0 aliphatic carbocycles. The first kappa shape index (κ1) is 16.7. The van der Waals surface area contributed by atoms with Crippen LogP contribution in [0.5, 0.6) is 0 Å². The first-order valence-corrected chi connectivity index (χ1v) is 9.71. The zero-order valence-corrected chi connectivity index (χ0v) is 15.7. The average molecular weight is 378 g/mol. The van der Waals surface area contributed by atoms with E-state index in [1.54, 1.807) is 6.33 Å².